The van der Waals surface area contributed by atoms with Gasteiger partial charge in [0.2, 0.25) is 5.95 Å². The van der Waals surface area contributed by atoms with Crippen LogP contribution < -0.4 is 0 Å². The summed E-state index contributed by atoms with van der Waals surface area (Å²) in [6, 6.07) is 152. The van der Waals surface area contributed by atoms with Crippen LogP contribution in [0.1, 0.15) is 0 Å². The molecule has 11 heteroatoms. The first-order valence-electron chi connectivity index (χ1n) is 43.0. The Bertz CT molecular complexity index is 8630. The number of para-hydroxylation sites is 2. The van der Waals surface area contributed by atoms with Gasteiger partial charge in [-0.1, -0.05) is 394 Å². The summed E-state index contributed by atoms with van der Waals surface area (Å²) in [5.41, 5.74) is 13.5. The molecule has 0 saturated heterocycles. The maximum Gasteiger partial charge on any atom is 0.238 e. The normalized spacial score (nSPS) is 11.6. The minimum Gasteiger partial charge on any atom is -0.455 e. The number of rotatable bonds is 10. The first kappa shape index (κ1) is 74.4. The van der Waals surface area contributed by atoms with E-state index in [1.54, 1.807) is 0 Å². The first-order valence-corrected chi connectivity index (χ1v) is 43.0. The highest BCUT2D eigenvalue weighted by Gasteiger charge is 2.25. The molecule has 5 heterocycles. The van der Waals surface area contributed by atoms with Crippen LogP contribution in [0.4, 0.5) is 0 Å². The van der Waals surface area contributed by atoms with Crippen molar-refractivity contribution in [1.82, 2.24) is 49.4 Å². The number of aromatic nitrogens is 10. The fraction of sp³-hybridized carbons (Fsp3) is 0. The summed E-state index contributed by atoms with van der Waals surface area (Å²) < 4.78 is 9.10. The Kier molecular flexibility index (Phi) is 18.3. The molecule has 596 valence electrons. The average Bonchev–Trinajstić information content (AvgIpc) is 1.53. The van der Waals surface area contributed by atoms with Gasteiger partial charge in [-0.3, -0.25) is 4.57 Å². The van der Waals surface area contributed by atoms with Crippen molar-refractivity contribution >= 4 is 141 Å². The third-order valence-corrected chi connectivity index (χ3v) is 24.6. The molecule has 0 unspecified atom stereocenters. The van der Waals surface area contributed by atoms with E-state index >= 15 is 0 Å². The van der Waals surface area contributed by atoms with Gasteiger partial charge in [0, 0.05) is 65.9 Å². The fourth-order valence-corrected chi connectivity index (χ4v) is 18.7. The molecule has 0 aliphatic heterocycles. The number of furan rings is 1. The molecule has 128 heavy (non-hydrogen) atoms. The summed E-state index contributed by atoms with van der Waals surface area (Å²) in [7, 11) is 0. The molecule has 5 aromatic heterocycles. The molecule has 0 aliphatic carbocycles. The second kappa shape index (κ2) is 31.5. The Balaban J connectivity index is 0.000000107. The Morgan fingerprint density at radius 3 is 0.859 bits per heavy atom. The van der Waals surface area contributed by atoms with E-state index in [1.165, 1.54) is 102 Å². The van der Waals surface area contributed by atoms with Crippen LogP contribution in [0.15, 0.2) is 441 Å². The molecule has 0 fully saturated rings. The third kappa shape index (κ3) is 13.1. The lowest BCUT2D eigenvalue weighted by atomic mass is 9.92. The molecular formula is C117H72N10O. The van der Waals surface area contributed by atoms with Crippen LogP contribution in [0.2, 0.25) is 0 Å². The molecule has 0 atom stereocenters. The summed E-state index contributed by atoms with van der Waals surface area (Å²) in [6.07, 6.45) is 0. The SMILES string of the molecule is c1ccc(-c2nc(-c3ccccc3)nc(-c3cccc(-c4ccc5c6ccccc6c6ccccc6c5c4)c3)n2)cc1.c1ccc(-c2nc(-c3ccccc3)nc(-c3cccc4c3oc3c4ccc4c5ccccc5c5ccccc5c43)n2)cc1.c1ccc(-c2nc(-c3ccccc3)nc(-n3c4ccccc4c4cc5c6ccccc6c6ccccc6c5cc43)n2)cc1. The number of benzene rings is 21. The lowest BCUT2D eigenvalue weighted by Gasteiger charge is -2.13. The van der Waals surface area contributed by atoms with Gasteiger partial charge in [0.05, 0.1) is 16.6 Å². The van der Waals surface area contributed by atoms with Gasteiger partial charge < -0.3 is 4.42 Å². The number of nitrogens with zero attached hydrogens (tertiary/aromatic N) is 10. The van der Waals surface area contributed by atoms with Crippen LogP contribution in [-0.4, -0.2) is 49.4 Å². The molecule has 0 N–H and O–H groups in total. The van der Waals surface area contributed by atoms with Crippen LogP contribution in [0.3, 0.4) is 0 Å². The summed E-state index contributed by atoms with van der Waals surface area (Å²) in [5.74, 6) is 5.70. The highest BCUT2D eigenvalue weighted by Crippen LogP contribution is 2.47. The van der Waals surface area contributed by atoms with Crippen molar-refractivity contribution in [2.75, 3.05) is 0 Å². The maximum atomic E-state index is 6.90. The molecule has 11 nitrogen and oxygen atoms in total. The fourth-order valence-electron chi connectivity index (χ4n) is 18.7. The summed E-state index contributed by atoms with van der Waals surface area (Å²) in [6.45, 7) is 0. The van der Waals surface area contributed by atoms with E-state index in [-0.39, 0.29) is 0 Å². The van der Waals surface area contributed by atoms with E-state index in [2.05, 4.69) is 253 Å². The number of hydrogen-bond donors (Lipinski definition) is 0. The minimum atomic E-state index is 0.581. The molecule has 0 spiro atoms. The number of hydrogen-bond acceptors (Lipinski definition) is 10. The standard InChI is InChI=1S/C39H24N4.C39H23N3O.C39H25N3/c1-3-13-25(14-4-1)37-40-38(26-15-5-2-6-16-26)42-39(41-37)43-35-22-12-11-21-31(35)34-23-32-29-19-9-7-17-27(29)28-18-8-10-20-30(28)33(32)24-36(34)43;1-3-12-24(13-4-1)37-40-38(25-14-5-2-6-15-25)42-39(41-37)33-21-11-20-31-32-23-22-30-28-18-8-7-16-26(28)27-17-9-10-19-29(27)34(30)36(32)43-35(31)33;1-3-12-26(13-4-1)37-40-38(27-14-5-2-6-15-27)42-39(41-37)30-17-11-16-28(24-30)29-22-23-35-33-20-8-7-18-31(33)32-19-9-10-21-34(32)36(35)25-29/h1-24H;1-23H;1-25H. The van der Waals surface area contributed by atoms with E-state index in [9.17, 15) is 0 Å². The Morgan fingerprint density at radius 1 is 0.148 bits per heavy atom. The van der Waals surface area contributed by atoms with Crippen molar-refractivity contribution in [3.05, 3.63) is 437 Å². The molecular weight excluding hydrogens is 1560 g/mol. The van der Waals surface area contributed by atoms with Crippen molar-refractivity contribution in [1.29, 1.82) is 0 Å². The second-order valence-corrected chi connectivity index (χ2v) is 32.1. The molecule has 0 saturated carbocycles. The summed E-state index contributed by atoms with van der Waals surface area (Å²) in [4.78, 5) is 44.7. The average molecular weight is 1630 g/mol. The van der Waals surface area contributed by atoms with Crippen LogP contribution >= 0.6 is 0 Å². The van der Waals surface area contributed by atoms with Crippen LogP contribution in [-0.2, 0) is 0 Å². The van der Waals surface area contributed by atoms with E-state index < -0.39 is 0 Å². The lowest BCUT2D eigenvalue weighted by Crippen LogP contribution is -2.06. The Morgan fingerprint density at radius 2 is 0.422 bits per heavy atom. The zero-order chi connectivity index (χ0) is 84.5. The highest BCUT2D eigenvalue weighted by molar-refractivity contribution is 6.33. The zero-order valence-electron chi connectivity index (χ0n) is 68.9. The molecule has 0 amide bonds. The summed E-state index contributed by atoms with van der Waals surface area (Å²) >= 11 is 0. The van der Waals surface area contributed by atoms with E-state index in [1.807, 2.05) is 188 Å². The van der Waals surface area contributed by atoms with Gasteiger partial charge in [0.1, 0.15) is 11.2 Å². The van der Waals surface area contributed by atoms with Crippen LogP contribution in [0.5, 0.6) is 0 Å². The van der Waals surface area contributed by atoms with Crippen LogP contribution in [0, 0.1) is 0 Å². The zero-order valence-corrected chi connectivity index (χ0v) is 68.9. The maximum absolute atomic E-state index is 6.90. The van der Waals surface area contributed by atoms with E-state index in [0.29, 0.717) is 52.5 Å². The van der Waals surface area contributed by atoms with Gasteiger partial charge in [-0.25, -0.2) is 34.9 Å². The van der Waals surface area contributed by atoms with Gasteiger partial charge in [-0.2, -0.15) is 9.97 Å². The predicted octanol–water partition coefficient (Wildman–Crippen LogP) is 30.0. The minimum absolute atomic E-state index is 0.581. The molecule has 0 bridgehead atoms. The Labute approximate surface area is 734 Å². The first-order chi connectivity index (χ1) is 63.5. The summed E-state index contributed by atoms with van der Waals surface area (Å²) in [5, 5.41) is 26.7. The van der Waals surface area contributed by atoms with Crippen molar-refractivity contribution in [3.8, 4) is 108 Å². The van der Waals surface area contributed by atoms with Gasteiger partial charge in [0.25, 0.3) is 0 Å². The van der Waals surface area contributed by atoms with Crippen molar-refractivity contribution in [2.24, 2.45) is 0 Å². The monoisotopic (exact) mass is 1630 g/mol. The largest absolute Gasteiger partial charge is 0.455 e. The second-order valence-electron chi connectivity index (χ2n) is 32.1. The highest BCUT2D eigenvalue weighted by atomic mass is 16.3. The topological polar surface area (TPSA) is 134 Å². The van der Waals surface area contributed by atoms with Gasteiger partial charge in [0.15, 0.2) is 46.6 Å². The predicted molar refractivity (Wildman–Crippen MR) is 528 cm³/mol. The van der Waals surface area contributed by atoms with Gasteiger partial charge >= 0.3 is 0 Å². The Hall–Kier alpha value is -17.4. The van der Waals surface area contributed by atoms with Crippen LogP contribution in [0.25, 0.3) is 249 Å². The van der Waals surface area contributed by atoms with E-state index in [4.69, 9.17) is 49.3 Å². The smallest absolute Gasteiger partial charge is 0.238 e. The molecule has 0 radical (unpaired) electrons. The lowest BCUT2D eigenvalue weighted by molar-refractivity contribution is 0.673. The molecule has 21 aromatic carbocycles. The molecule has 26 aromatic rings. The molecule has 0 aliphatic rings. The molecule has 26 rings (SSSR count). The quantitative estimate of drug-likeness (QED) is 0.122. The van der Waals surface area contributed by atoms with E-state index in [0.717, 1.165) is 94.0 Å². The van der Waals surface area contributed by atoms with Gasteiger partial charge in [-0.05, 0) is 145 Å². The number of fused-ring (bicyclic) bond motifs is 25. The van der Waals surface area contributed by atoms with Gasteiger partial charge in [-0.15, -0.1) is 0 Å². The van der Waals surface area contributed by atoms with Crippen molar-refractivity contribution in [2.45, 2.75) is 0 Å². The third-order valence-electron chi connectivity index (χ3n) is 24.6. The van der Waals surface area contributed by atoms with Crippen molar-refractivity contribution < 1.29 is 4.42 Å². The van der Waals surface area contributed by atoms with Crippen molar-refractivity contribution in [3.63, 3.8) is 0 Å².